The molecule has 1 atom stereocenters. The SMILES string of the molecule is CC1=C(C(=O)OCc2ccccc2)[C@H](c2cc(C)ccc2C)N2C(CC(=O)NC(C)C)=CSC2=N1. The largest absolute Gasteiger partial charge is 0.457 e. The number of ether oxygens (including phenoxy) is 1. The summed E-state index contributed by atoms with van der Waals surface area (Å²) < 4.78 is 5.78. The van der Waals surface area contributed by atoms with Crippen molar-refractivity contribution in [3.63, 3.8) is 0 Å². The molecule has 0 saturated carbocycles. The Balaban J connectivity index is 1.72. The summed E-state index contributed by atoms with van der Waals surface area (Å²) in [6.45, 7) is 9.99. The van der Waals surface area contributed by atoms with Gasteiger partial charge in [0.05, 0.1) is 23.7 Å². The molecule has 2 aromatic carbocycles. The van der Waals surface area contributed by atoms with Crippen LogP contribution in [-0.2, 0) is 20.9 Å². The number of fused-ring (bicyclic) bond motifs is 1. The van der Waals surface area contributed by atoms with Crippen LogP contribution in [0.3, 0.4) is 0 Å². The van der Waals surface area contributed by atoms with E-state index < -0.39 is 12.0 Å². The average Bonchev–Trinajstić information content (AvgIpc) is 3.20. The van der Waals surface area contributed by atoms with Crippen molar-refractivity contribution in [3.8, 4) is 0 Å². The van der Waals surface area contributed by atoms with Gasteiger partial charge < -0.3 is 15.0 Å². The first-order valence-electron chi connectivity index (χ1n) is 11.8. The maximum absolute atomic E-state index is 13.5. The van der Waals surface area contributed by atoms with Crippen LogP contribution < -0.4 is 5.32 Å². The lowest BCUT2D eigenvalue weighted by molar-refractivity contribution is -0.141. The van der Waals surface area contributed by atoms with E-state index in [1.54, 1.807) is 0 Å². The van der Waals surface area contributed by atoms with Crippen LogP contribution in [-0.4, -0.2) is 28.0 Å². The standard InChI is InChI=1S/C28H31N3O3S/c1-17(2)29-24(32)14-22-16-35-28-30-20(5)25(27(33)34-15-21-9-7-6-8-10-21)26(31(22)28)23-13-18(3)11-12-19(23)4/h6-13,16-17,26H,14-15H2,1-5H3,(H,29,32)/t26-/m0/s1. The fourth-order valence-corrected chi connectivity index (χ4v) is 5.28. The zero-order chi connectivity index (χ0) is 25.1. The maximum atomic E-state index is 13.5. The first kappa shape index (κ1) is 24.8. The Hall–Kier alpha value is -3.32. The Bertz CT molecular complexity index is 1230. The summed E-state index contributed by atoms with van der Waals surface area (Å²) in [4.78, 5) is 33.0. The predicted molar refractivity (Wildman–Crippen MR) is 140 cm³/mol. The van der Waals surface area contributed by atoms with E-state index in [1.165, 1.54) is 11.8 Å². The van der Waals surface area contributed by atoms with Crippen molar-refractivity contribution in [2.45, 2.75) is 59.7 Å². The van der Waals surface area contributed by atoms with Crippen LogP contribution in [0, 0.1) is 13.8 Å². The van der Waals surface area contributed by atoms with Gasteiger partial charge in [-0.1, -0.05) is 65.9 Å². The lowest BCUT2D eigenvalue weighted by Crippen LogP contribution is -2.39. The van der Waals surface area contributed by atoms with Gasteiger partial charge in [0.2, 0.25) is 5.91 Å². The Morgan fingerprint density at radius 3 is 2.57 bits per heavy atom. The van der Waals surface area contributed by atoms with Crippen LogP contribution in [0.1, 0.15) is 55.5 Å². The third kappa shape index (κ3) is 5.51. The summed E-state index contributed by atoms with van der Waals surface area (Å²) in [5.74, 6) is -0.463. The molecular weight excluding hydrogens is 458 g/mol. The van der Waals surface area contributed by atoms with Crippen LogP contribution in [0.4, 0.5) is 0 Å². The van der Waals surface area contributed by atoms with Gasteiger partial charge in [0, 0.05) is 11.7 Å². The van der Waals surface area contributed by atoms with Gasteiger partial charge in [-0.05, 0) is 56.7 Å². The number of hydrogen-bond donors (Lipinski definition) is 1. The first-order valence-corrected chi connectivity index (χ1v) is 12.6. The second-order valence-corrected chi connectivity index (χ2v) is 10.1. The Labute approximate surface area is 211 Å². The van der Waals surface area contributed by atoms with E-state index in [0.717, 1.165) is 33.1 Å². The summed E-state index contributed by atoms with van der Waals surface area (Å²) in [5.41, 5.74) is 6.03. The predicted octanol–water partition coefficient (Wildman–Crippen LogP) is 5.54. The number of thioether (sulfide) groups is 1. The van der Waals surface area contributed by atoms with Crippen molar-refractivity contribution in [1.82, 2.24) is 10.2 Å². The molecule has 0 bridgehead atoms. The quantitative estimate of drug-likeness (QED) is 0.518. The highest BCUT2D eigenvalue weighted by Gasteiger charge is 2.41. The van der Waals surface area contributed by atoms with Gasteiger partial charge in [-0.25, -0.2) is 9.79 Å². The number of rotatable bonds is 7. The van der Waals surface area contributed by atoms with Gasteiger partial charge in [0.15, 0.2) is 5.17 Å². The smallest absolute Gasteiger partial charge is 0.338 e. The molecule has 0 saturated heterocycles. The van der Waals surface area contributed by atoms with Gasteiger partial charge in [-0.2, -0.15) is 0 Å². The molecule has 0 aromatic heterocycles. The summed E-state index contributed by atoms with van der Waals surface area (Å²) in [6.07, 6.45) is 0.205. The molecule has 0 unspecified atom stereocenters. The van der Waals surface area contributed by atoms with Crippen LogP contribution in [0.25, 0.3) is 0 Å². The second kappa shape index (κ2) is 10.5. The van der Waals surface area contributed by atoms with Gasteiger partial charge in [0.25, 0.3) is 0 Å². The molecule has 2 aromatic rings. The molecule has 1 amide bonds. The van der Waals surface area contributed by atoms with E-state index in [2.05, 4.69) is 23.5 Å². The molecule has 2 heterocycles. The monoisotopic (exact) mass is 489 g/mol. The Kier molecular flexibility index (Phi) is 7.45. The van der Waals surface area contributed by atoms with E-state index in [1.807, 2.05) is 75.3 Å². The molecule has 2 aliphatic heterocycles. The van der Waals surface area contributed by atoms with Gasteiger partial charge in [-0.3, -0.25) is 4.79 Å². The normalized spacial score (nSPS) is 17.2. The minimum atomic E-state index is -0.432. The van der Waals surface area contributed by atoms with Crippen molar-refractivity contribution in [3.05, 3.63) is 93.2 Å². The van der Waals surface area contributed by atoms with Crippen molar-refractivity contribution < 1.29 is 14.3 Å². The minimum Gasteiger partial charge on any atom is -0.457 e. The highest BCUT2D eigenvalue weighted by Crippen LogP contribution is 2.45. The number of amidine groups is 1. The van der Waals surface area contributed by atoms with Crippen LogP contribution >= 0.6 is 11.8 Å². The molecule has 0 radical (unpaired) electrons. The van der Waals surface area contributed by atoms with Crippen molar-refractivity contribution in [2.75, 3.05) is 0 Å². The number of allylic oxidation sites excluding steroid dienone is 1. The molecule has 2 aliphatic rings. The first-order chi connectivity index (χ1) is 16.7. The zero-order valence-corrected chi connectivity index (χ0v) is 21.6. The van der Waals surface area contributed by atoms with Crippen LogP contribution in [0.15, 0.2) is 75.9 Å². The number of amides is 1. The zero-order valence-electron chi connectivity index (χ0n) is 20.8. The molecule has 35 heavy (non-hydrogen) atoms. The van der Waals surface area contributed by atoms with E-state index in [0.29, 0.717) is 11.3 Å². The number of nitrogens with zero attached hydrogens (tertiary/aromatic N) is 2. The second-order valence-electron chi connectivity index (χ2n) is 9.21. The third-order valence-corrected chi connectivity index (χ3v) is 6.84. The summed E-state index contributed by atoms with van der Waals surface area (Å²) in [5, 5.41) is 5.69. The van der Waals surface area contributed by atoms with E-state index in [4.69, 9.17) is 9.73 Å². The number of benzene rings is 2. The molecule has 0 fully saturated rings. The van der Waals surface area contributed by atoms with E-state index in [9.17, 15) is 9.59 Å². The number of aryl methyl sites for hydroxylation is 2. The minimum absolute atomic E-state index is 0.0483. The number of esters is 1. The lowest BCUT2D eigenvalue weighted by Gasteiger charge is -2.37. The van der Waals surface area contributed by atoms with Gasteiger partial charge in [0.1, 0.15) is 6.61 Å². The fraction of sp³-hybridized carbons (Fsp3) is 0.321. The number of aliphatic imine (C=N–C) groups is 1. The molecule has 0 spiro atoms. The average molecular weight is 490 g/mol. The highest BCUT2D eigenvalue weighted by molar-refractivity contribution is 8.16. The number of hydrogen-bond acceptors (Lipinski definition) is 6. The van der Waals surface area contributed by atoms with Crippen LogP contribution in [0.5, 0.6) is 0 Å². The lowest BCUT2D eigenvalue weighted by atomic mass is 9.90. The molecule has 0 aliphatic carbocycles. The molecule has 7 heteroatoms. The molecule has 6 nitrogen and oxygen atoms in total. The number of carbonyl (C=O) groups is 2. The van der Waals surface area contributed by atoms with Crippen molar-refractivity contribution in [2.24, 2.45) is 4.99 Å². The van der Waals surface area contributed by atoms with Crippen molar-refractivity contribution in [1.29, 1.82) is 0 Å². The topological polar surface area (TPSA) is 71.0 Å². The maximum Gasteiger partial charge on any atom is 0.338 e. The molecular formula is C28H31N3O3S. The van der Waals surface area contributed by atoms with Crippen LogP contribution in [0.2, 0.25) is 0 Å². The van der Waals surface area contributed by atoms with E-state index in [-0.39, 0.29) is 25.0 Å². The molecule has 182 valence electrons. The molecule has 1 N–H and O–H groups in total. The Morgan fingerprint density at radius 2 is 1.86 bits per heavy atom. The fourth-order valence-electron chi connectivity index (χ4n) is 4.32. The summed E-state index contributed by atoms with van der Waals surface area (Å²) in [7, 11) is 0. The summed E-state index contributed by atoms with van der Waals surface area (Å²) in [6, 6.07) is 15.5. The third-order valence-electron chi connectivity index (χ3n) is 5.95. The van der Waals surface area contributed by atoms with Gasteiger partial charge in [-0.15, -0.1) is 0 Å². The summed E-state index contributed by atoms with van der Waals surface area (Å²) >= 11 is 1.48. The number of nitrogens with one attached hydrogen (secondary N) is 1. The highest BCUT2D eigenvalue weighted by atomic mass is 32.2. The number of carbonyl (C=O) groups excluding carboxylic acids is 2. The molecule has 4 rings (SSSR count). The van der Waals surface area contributed by atoms with E-state index >= 15 is 0 Å². The Morgan fingerprint density at radius 1 is 1.11 bits per heavy atom. The van der Waals surface area contributed by atoms with Gasteiger partial charge >= 0.3 is 5.97 Å². The van der Waals surface area contributed by atoms with Crippen molar-refractivity contribution >= 4 is 28.8 Å².